The molecule has 1 amide bonds. The van der Waals surface area contributed by atoms with Crippen molar-refractivity contribution in [1.82, 2.24) is 10.2 Å². The van der Waals surface area contributed by atoms with Crippen LogP contribution in [-0.2, 0) is 4.79 Å². The molecule has 0 aromatic carbocycles. The highest BCUT2D eigenvalue weighted by Crippen LogP contribution is 2.54. The largest absolute Gasteiger partial charge is 0.409 e. The second kappa shape index (κ2) is 4.91. The number of piperidine rings is 1. The van der Waals surface area contributed by atoms with Crippen molar-refractivity contribution in [1.29, 1.82) is 0 Å². The van der Waals surface area contributed by atoms with E-state index in [4.69, 9.17) is 10.9 Å². The fourth-order valence-corrected chi connectivity index (χ4v) is 3.81. The van der Waals surface area contributed by atoms with Gasteiger partial charge in [-0.3, -0.25) is 4.79 Å². The van der Waals surface area contributed by atoms with Crippen molar-refractivity contribution < 1.29 is 10.0 Å². The van der Waals surface area contributed by atoms with E-state index < -0.39 is 5.54 Å². The molecule has 3 aliphatic rings. The quantitative estimate of drug-likeness (QED) is 0.301. The van der Waals surface area contributed by atoms with Gasteiger partial charge in [-0.15, -0.1) is 0 Å². The maximum absolute atomic E-state index is 12.5. The van der Waals surface area contributed by atoms with E-state index in [1.807, 2.05) is 7.05 Å². The van der Waals surface area contributed by atoms with E-state index in [0.29, 0.717) is 12.8 Å². The Morgan fingerprint density at radius 1 is 1.30 bits per heavy atom. The fourth-order valence-electron chi connectivity index (χ4n) is 3.81. The average molecular weight is 280 g/mol. The Bertz CT molecular complexity index is 419. The van der Waals surface area contributed by atoms with Gasteiger partial charge in [-0.2, -0.15) is 0 Å². The van der Waals surface area contributed by atoms with Gasteiger partial charge in [0.05, 0.1) is 0 Å². The van der Waals surface area contributed by atoms with Crippen LogP contribution in [0.2, 0.25) is 0 Å². The Hall–Kier alpha value is -1.30. The van der Waals surface area contributed by atoms with E-state index in [1.165, 1.54) is 6.42 Å². The van der Waals surface area contributed by atoms with Gasteiger partial charge in [0.1, 0.15) is 5.54 Å². The lowest BCUT2D eigenvalue weighted by molar-refractivity contribution is -0.126. The summed E-state index contributed by atoms with van der Waals surface area (Å²) in [5.41, 5.74) is 5.22. The lowest BCUT2D eigenvalue weighted by atomic mass is 9.85. The molecule has 3 fully saturated rings. The van der Waals surface area contributed by atoms with Crippen molar-refractivity contribution in [2.45, 2.75) is 37.6 Å². The van der Waals surface area contributed by atoms with Crippen molar-refractivity contribution in [2.24, 2.45) is 28.6 Å². The first-order chi connectivity index (χ1) is 9.54. The zero-order chi connectivity index (χ0) is 14.3. The number of fused-ring (bicyclic) bond motifs is 1. The molecule has 0 aromatic rings. The van der Waals surface area contributed by atoms with Gasteiger partial charge < -0.3 is 21.2 Å². The molecule has 112 valence electrons. The van der Waals surface area contributed by atoms with Gasteiger partial charge in [0, 0.05) is 19.0 Å². The number of amides is 1. The molecule has 1 saturated heterocycles. The number of nitrogens with zero attached hydrogens (tertiary/aromatic N) is 2. The van der Waals surface area contributed by atoms with Gasteiger partial charge in [0.15, 0.2) is 5.84 Å². The van der Waals surface area contributed by atoms with Crippen LogP contribution in [-0.4, -0.2) is 47.5 Å². The van der Waals surface area contributed by atoms with E-state index >= 15 is 0 Å². The lowest BCUT2D eigenvalue weighted by Gasteiger charge is -2.40. The van der Waals surface area contributed by atoms with E-state index in [-0.39, 0.29) is 17.7 Å². The molecule has 6 nitrogen and oxygen atoms in total. The Kier molecular flexibility index (Phi) is 3.36. The third kappa shape index (κ3) is 2.37. The van der Waals surface area contributed by atoms with Gasteiger partial charge in [-0.1, -0.05) is 5.16 Å². The topological polar surface area (TPSA) is 91.0 Å². The first-order valence-electron chi connectivity index (χ1n) is 7.52. The van der Waals surface area contributed by atoms with E-state index in [2.05, 4.69) is 15.4 Å². The average Bonchev–Trinajstić information content (AvgIpc) is 3.07. The maximum Gasteiger partial charge on any atom is 0.223 e. The molecule has 0 spiro atoms. The number of carbonyl (C=O) groups is 1. The molecule has 6 heteroatoms. The molecular weight excluding hydrogens is 256 g/mol. The molecule has 0 bridgehead atoms. The van der Waals surface area contributed by atoms with Crippen molar-refractivity contribution in [2.75, 3.05) is 20.1 Å². The van der Waals surface area contributed by atoms with Gasteiger partial charge in [0.25, 0.3) is 0 Å². The second-order valence-corrected chi connectivity index (χ2v) is 6.78. The Morgan fingerprint density at radius 3 is 2.45 bits per heavy atom. The molecule has 0 aromatic heterocycles. The smallest absolute Gasteiger partial charge is 0.223 e. The number of rotatable bonds is 3. The molecule has 1 heterocycles. The number of likely N-dealkylation sites (tertiary alicyclic amines) is 1. The standard InChI is InChI=1S/C14H24N4O2/c1-18-4-2-14(3-5-18,13(15)17-20)16-12(19)11-7-9-6-10(9)8-11/h9-11,20H,2-8H2,1H3,(H2,15,17)(H,16,19). The normalized spacial score (nSPS) is 36.5. The molecule has 2 aliphatic carbocycles. The molecule has 2 unspecified atom stereocenters. The Balaban J connectivity index is 1.68. The summed E-state index contributed by atoms with van der Waals surface area (Å²) in [5, 5.41) is 15.3. The van der Waals surface area contributed by atoms with Crippen molar-refractivity contribution >= 4 is 11.7 Å². The number of amidine groups is 1. The second-order valence-electron chi connectivity index (χ2n) is 6.78. The number of hydrogen-bond donors (Lipinski definition) is 3. The summed E-state index contributed by atoms with van der Waals surface area (Å²) in [6, 6.07) is 0. The third-order valence-corrected chi connectivity index (χ3v) is 5.42. The van der Waals surface area contributed by atoms with Gasteiger partial charge >= 0.3 is 0 Å². The van der Waals surface area contributed by atoms with Crippen LogP contribution in [0.5, 0.6) is 0 Å². The molecule has 0 radical (unpaired) electrons. The number of hydrogen-bond acceptors (Lipinski definition) is 4. The summed E-state index contributed by atoms with van der Waals surface area (Å²) in [6.45, 7) is 1.68. The third-order valence-electron chi connectivity index (χ3n) is 5.42. The van der Waals surface area contributed by atoms with E-state index in [1.54, 1.807) is 0 Å². The molecule has 4 N–H and O–H groups in total. The summed E-state index contributed by atoms with van der Waals surface area (Å²) < 4.78 is 0. The van der Waals surface area contributed by atoms with E-state index in [9.17, 15) is 4.79 Å². The minimum Gasteiger partial charge on any atom is -0.409 e. The van der Waals surface area contributed by atoms with Crippen LogP contribution in [0.4, 0.5) is 0 Å². The number of carbonyl (C=O) groups excluding carboxylic acids is 1. The maximum atomic E-state index is 12.5. The summed E-state index contributed by atoms with van der Waals surface area (Å²) >= 11 is 0. The van der Waals surface area contributed by atoms with Crippen LogP contribution >= 0.6 is 0 Å². The van der Waals surface area contributed by atoms with Crippen LogP contribution in [0.1, 0.15) is 32.1 Å². The number of nitrogens with two attached hydrogens (primary N) is 1. The Labute approximate surface area is 119 Å². The molecule has 2 atom stereocenters. The van der Waals surface area contributed by atoms with Crippen LogP contribution in [0, 0.1) is 17.8 Å². The zero-order valence-corrected chi connectivity index (χ0v) is 12.0. The highest BCUT2D eigenvalue weighted by molar-refractivity contribution is 5.94. The molecule has 1 aliphatic heterocycles. The van der Waals surface area contributed by atoms with Gasteiger partial charge in [-0.25, -0.2) is 0 Å². The first-order valence-corrected chi connectivity index (χ1v) is 7.52. The van der Waals surface area contributed by atoms with Gasteiger partial charge in [-0.05, 0) is 51.0 Å². The predicted octanol–water partition coefficient (Wildman–Crippen LogP) is 0.360. The summed E-state index contributed by atoms with van der Waals surface area (Å²) in [5.74, 6) is 1.92. The molecule has 20 heavy (non-hydrogen) atoms. The molecule has 3 rings (SSSR count). The zero-order valence-electron chi connectivity index (χ0n) is 12.0. The Morgan fingerprint density at radius 2 is 1.90 bits per heavy atom. The monoisotopic (exact) mass is 280 g/mol. The van der Waals surface area contributed by atoms with Crippen molar-refractivity contribution in [3.63, 3.8) is 0 Å². The minimum atomic E-state index is -0.662. The van der Waals surface area contributed by atoms with Crippen molar-refractivity contribution in [3.8, 4) is 0 Å². The van der Waals surface area contributed by atoms with Crippen LogP contribution in [0.25, 0.3) is 0 Å². The van der Waals surface area contributed by atoms with Crippen LogP contribution in [0.15, 0.2) is 5.16 Å². The lowest BCUT2D eigenvalue weighted by Crippen LogP contribution is -2.62. The fraction of sp³-hybridized carbons (Fsp3) is 0.857. The minimum absolute atomic E-state index is 0.0911. The van der Waals surface area contributed by atoms with Gasteiger partial charge in [0.2, 0.25) is 5.91 Å². The summed E-state index contributed by atoms with van der Waals surface area (Å²) in [6.07, 6.45) is 4.74. The first kappa shape index (κ1) is 13.7. The van der Waals surface area contributed by atoms with Crippen LogP contribution < -0.4 is 11.1 Å². The highest BCUT2D eigenvalue weighted by Gasteiger charge is 2.49. The number of nitrogens with one attached hydrogen (secondary N) is 1. The molecule has 2 saturated carbocycles. The number of oxime groups is 1. The predicted molar refractivity (Wildman–Crippen MR) is 75.3 cm³/mol. The highest BCUT2D eigenvalue weighted by atomic mass is 16.4. The molecular formula is C14H24N4O2. The van der Waals surface area contributed by atoms with Crippen molar-refractivity contribution in [3.05, 3.63) is 0 Å². The summed E-state index contributed by atoms with van der Waals surface area (Å²) in [4.78, 5) is 14.7. The van der Waals surface area contributed by atoms with E-state index in [0.717, 1.165) is 37.8 Å². The van der Waals surface area contributed by atoms with Crippen LogP contribution in [0.3, 0.4) is 0 Å². The SMILES string of the molecule is CN1CCC(NC(=O)C2CC3CC3C2)(C(N)=NO)CC1. The summed E-state index contributed by atoms with van der Waals surface area (Å²) in [7, 11) is 2.04.